The van der Waals surface area contributed by atoms with Gasteiger partial charge in [0.05, 0.1) is 19.8 Å². The first-order valence-corrected chi connectivity index (χ1v) is 13.4. The Balaban J connectivity index is 0. The second-order valence-corrected chi connectivity index (χ2v) is 8.98. The summed E-state index contributed by atoms with van der Waals surface area (Å²) in [5.74, 6) is 0. The summed E-state index contributed by atoms with van der Waals surface area (Å²) < 4.78 is 49.4. The van der Waals surface area contributed by atoms with E-state index in [0.29, 0.717) is 6.42 Å². The third-order valence-electron chi connectivity index (χ3n) is 5.13. The maximum absolute atomic E-state index is 10.1. The summed E-state index contributed by atoms with van der Waals surface area (Å²) in [5, 5.41) is 18.3. The van der Waals surface area contributed by atoms with Crippen molar-refractivity contribution in [3.63, 3.8) is 0 Å². The quantitative estimate of drug-likeness (QED) is 0.143. The summed E-state index contributed by atoms with van der Waals surface area (Å²) in [6.07, 6.45) is 10.00. The molecule has 0 aromatic carbocycles. The van der Waals surface area contributed by atoms with Crippen molar-refractivity contribution < 1.29 is 71.1 Å². The minimum absolute atomic E-state index is 0. The number of hydrogen-bond donors (Lipinski definition) is 2. The van der Waals surface area contributed by atoms with Crippen LogP contribution in [0, 0.1) is 0 Å². The fraction of sp³-hybridized carbons (Fsp3) is 1.00. The van der Waals surface area contributed by atoms with Crippen molar-refractivity contribution in [3.8, 4) is 0 Å². The predicted molar refractivity (Wildman–Crippen MR) is 121 cm³/mol. The molecule has 2 heterocycles. The van der Waals surface area contributed by atoms with E-state index in [2.05, 4.69) is 11.1 Å². The van der Waals surface area contributed by atoms with Gasteiger partial charge in [-0.1, -0.05) is 64.7 Å². The molecule has 0 aliphatic carbocycles. The van der Waals surface area contributed by atoms with E-state index >= 15 is 0 Å². The Bertz CT molecular complexity index is 504. The third kappa shape index (κ3) is 20.6. The van der Waals surface area contributed by atoms with E-state index < -0.39 is 22.6 Å². The molecule has 2 aliphatic heterocycles. The molecule has 0 unspecified atom stereocenters. The largest absolute Gasteiger partial charge is 1.00 e. The second kappa shape index (κ2) is 23.1. The SMILES string of the molecule is CCCCCCCCCCCCOS(=O)(=O)[O-].CCOCC.O[C@@H]1CO[C@H]2[C@@H]1OC[C@@H]2O.[Na+]. The average Bonchev–Trinajstić information content (AvgIpc) is 3.30. The van der Waals surface area contributed by atoms with Gasteiger partial charge in [0, 0.05) is 13.2 Å². The van der Waals surface area contributed by atoms with Gasteiger partial charge < -0.3 is 29.0 Å². The number of unbranched alkanes of at least 4 members (excludes halogenated alkanes) is 9. The van der Waals surface area contributed by atoms with E-state index in [9.17, 15) is 13.0 Å². The monoisotopic (exact) mass is 508 g/mol. The maximum Gasteiger partial charge on any atom is 1.00 e. The molecule has 33 heavy (non-hydrogen) atoms. The Labute approximate surface area is 223 Å². The van der Waals surface area contributed by atoms with E-state index in [-0.39, 0.29) is 61.6 Å². The maximum atomic E-state index is 10.1. The summed E-state index contributed by atoms with van der Waals surface area (Å²) >= 11 is 0. The molecule has 0 saturated carbocycles. The van der Waals surface area contributed by atoms with Crippen molar-refractivity contribution >= 4 is 10.4 Å². The van der Waals surface area contributed by atoms with E-state index in [1.54, 1.807) is 0 Å². The van der Waals surface area contributed by atoms with Crippen LogP contribution in [-0.2, 0) is 28.8 Å². The molecule has 2 aliphatic rings. The van der Waals surface area contributed by atoms with E-state index in [0.717, 1.165) is 26.1 Å². The molecule has 2 saturated heterocycles. The van der Waals surface area contributed by atoms with Crippen LogP contribution in [0.15, 0.2) is 0 Å². The molecule has 0 amide bonds. The molecule has 0 spiro atoms. The average molecular weight is 509 g/mol. The summed E-state index contributed by atoms with van der Waals surface area (Å²) in [6.45, 7) is 8.48. The van der Waals surface area contributed by atoms with Gasteiger partial charge in [0.2, 0.25) is 10.4 Å². The number of fused-ring (bicyclic) bond motifs is 1. The van der Waals surface area contributed by atoms with E-state index in [1.165, 1.54) is 44.9 Å². The van der Waals surface area contributed by atoms with Crippen molar-refractivity contribution in [2.75, 3.05) is 33.0 Å². The standard InChI is InChI=1S/C12H26O4S.C6H10O4.C4H10O.Na/c1-2-3-4-5-6-7-8-9-10-11-12-16-17(13,14)15;7-3-1-9-6-4(8)2-10-5(3)6;1-3-5-4-2;/h2-12H2,1H3,(H,13,14,15);3-8H,1-2H2;3-4H2,1-2H3;/q;;;+1/p-1/t;3-,4+,5-,6-;;/m.1../s1. The molecule has 9 nitrogen and oxygen atoms in total. The Hall–Kier alpha value is 0.670. The predicted octanol–water partition coefficient (Wildman–Crippen LogP) is -0.0633. The molecule has 11 heteroatoms. The van der Waals surface area contributed by atoms with Crippen molar-refractivity contribution in [1.82, 2.24) is 0 Å². The van der Waals surface area contributed by atoms with Gasteiger partial charge in [-0.15, -0.1) is 0 Å². The number of aliphatic hydroxyl groups is 2. The van der Waals surface area contributed by atoms with Crippen LogP contribution in [0.25, 0.3) is 0 Å². The first kappa shape index (κ1) is 35.8. The molecule has 0 aromatic rings. The molecule has 2 fully saturated rings. The second-order valence-electron chi connectivity index (χ2n) is 7.92. The minimum Gasteiger partial charge on any atom is -0.726 e. The van der Waals surface area contributed by atoms with Crippen LogP contribution in [0.2, 0.25) is 0 Å². The smallest absolute Gasteiger partial charge is 0.726 e. The third-order valence-corrected chi connectivity index (χ3v) is 5.59. The van der Waals surface area contributed by atoms with Crippen LogP contribution < -0.4 is 29.6 Å². The van der Waals surface area contributed by atoms with Gasteiger partial charge >= 0.3 is 29.6 Å². The van der Waals surface area contributed by atoms with Gasteiger partial charge in [-0.2, -0.15) is 0 Å². The van der Waals surface area contributed by atoms with Gasteiger partial charge in [-0.3, -0.25) is 4.18 Å². The van der Waals surface area contributed by atoms with Crippen molar-refractivity contribution in [1.29, 1.82) is 0 Å². The zero-order valence-electron chi connectivity index (χ0n) is 21.1. The summed E-state index contributed by atoms with van der Waals surface area (Å²) in [5.41, 5.74) is 0. The molecular weight excluding hydrogens is 463 g/mol. The Kier molecular flexibility index (Phi) is 25.1. The van der Waals surface area contributed by atoms with Gasteiger partial charge in [-0.05, 0) is 20.3 Å². The van der Waals surface area contributed by atoms with Gasteiger partial charge in [0.25, 0.3) is 0 Å². The van der Waals surface area contributed by atoms with Crippen molar-refractivity contribution in [2.45, 2.75) is 109 Å². The molecule has 2 rings (SSSR count). The molecule has 0 aromatic heterocycles. The zero-order chi connectivity index (χ0) is 24.2. The van der Waals surface area contributed by atoms with Crippen LogP contribution in [-0.4, -0.2) is 80.6 Å². The molecule has 2 N–H and O–H groups in total. The van der Waals surface area contributed by atoms with E-state index in [4.69, 9.17) is 24.4 Å². The number of hydrogen-bond acceptors (Lipinski definition) is 9. The fourth-order valence-corrected chi connectivity index (χ4v) is 3.74. The van der Waals surface area contributed by atoms with Gasteiger partial charge in [-0.25, -0.2) is 8.42 Å². The van der Waals surface area contributed by atoms with Crippen LogP contribution in [0.3, 0.4) is 0 Å². The first-order chi connectivity index (χ1) is 15.3. The zero-order valence-corrected chi connectivity index (χ0v) is 23.9. The first-order valence-electron chi connectivity index (χ1n) is 12.0. The minimum atomic E-state index is -4.48. The number of rotatable bonds is 14. The normalized spacial score (nSPS) is 23.6. The number of ether oxygens (including phenoxy) is 3. The van der Waals surface area contributed by atoms with Crippen molar-refractivity contribution in [3.05, 3.63) is 0 Å². The Morgan fingerprint density at radius 3 is 1.52 bits per heavy atom. The van der Waals surface area contributed by atoms with Gasteiger partial charge in [0.15, 0.2) is 0 Å². The Morgan fingerprint density at radius 2 is 1.18 bits per heavy atom. The molecule has 4 atom stereocenters. The van der Waals surface area contributed by atoms with Gasteiger partial charge in [0.1, 0.15) is 24.4 Å². The fourth-order valence-electron chi connectivity index (χ4n) is 3.41. The summed E-state index contributed by atoms with van der Waals surface area (Å²) in [7, 11) is -4.48. The molecule has 0 radical (unpaired) electrons. The van der Waals surface area contributed by atoms with Crippen LogP contribution in [0.5, 0.6) is 0 Å². The van der Waals surface area contributed by atoms with Crippen LogP contribution in [0.4, 0.5) is 0 Å². The van der Waals surface area contributed by atoms with Crippen molar-refractivity contribution in [2.24, 2.45) is 0 Å². The Morgan fingerprint density at radius 1 is 0.788 bits per heavy atom. The van der Waals surface area contributed by atoms with E-state index in [1.807, 2.05) is 13.8 Å². The van der Waals surface area contributed by atoms with Crippen LogP contribution >= 0.6 is 0 Å². The molecular formula is C22H45NaO9S. The molecule has 194 valence electrons. The summed E-state index contributed by atoms with van der Waals surface area (Å²) in [6, 6.07) is 0. The number of aliphatic hydroxyl groups excluding tert-OH is 2. The van der Waals surface area contributed by atoms with Crippen LogP contribution in [0.1, 0.15) is 85.0 Å². The molecule has 0 bridgehead atoms. The topological polar surface area (TPSA) is 135 Å². The summed E-state index contributed by atoms with van der Waals surface area (Å²) in [4.78, 5) is 0.